The van der Waals surface area contributed by atoms with Crippen molar-refractivity contribution in [2.45, 2.75) is 66.7 Å². The Bertz CT molecular complexity index is 299. The Morgan fingerprint density at radius 2 is 1.62 bits per heavy atom. The third kappa shape index (κ3) is 8.45. The van der Waals surface area contributed by atoms with Crippen molar-refractivity contribution in [3.05, 3.63) is 0 Å². The SMILES string of the molecule is CC(C)CCCCCN1CCN(C(=O)CC(C)(C)C)CC1. The quantitative estimate of drug-likeness (QED) is 0.667. The van der Waals surface area contributed by atoms with Crippen LogP contribution in [0.15, 0.2) is 0 Å². The monoisotopic (exact) mass is 296 g/mol. The zero-order chi connectivity index (χ0) is 15.9. The Hall–Kier alpha value is -0.570. The maximum absolute atomic E-state index is 12.2. The first-order valence-corrected chi connectivity index (χ1v) is 8.78. The first kappa shape index (κ1) is 18.5. The van der Waals surface area contributed by atoms with E-state index in [2.05, 4.69) is 44.4 Å². The fraction of sp³-hybridized carbons (Fsp3) is 0.944. The van der Waals surface area contributed by atoms with Gasteiger partial charge in [0, 0.05) is 32.6 Å². The van der Waals surface area contributed by atoms with Crippen molar-refractivity contribution < 1.29 is 4.79 Å². The molecule has 21 heavy (non-hydrogen) atoms. The molecule has 1 heterocycles. The maximum atomic E-state index is 12.2. The average molecular weight is 296 g/mol. The molecular weight excluding hydrogens is 260 g/mol. The van der Waals surface area contributed by atoms with Crippen LogP contribution in [0.1, 0.15) is 66.7 Å². The molecule has 1 rings (SSSR count). The molecule has 3 nitrogen and oxygen atoms in total. The van der Waals surface area contributed by atoms with Crippen LogP contribution < -0.4 is 0 Å². The third-order valence-corrected chi connectivity index (χ3v) is 4.16. The Morgan fingerprint density at radius 3 is 2.14 bits per heavy atom. The smallest absolute Gasteiger partial charge is 0.223 e. The first-order valence-electron chi connectivity index (χ1n) is 8.78. The molecule has 0 bridgehead atoms. The van der Waals surface area contributed by atoms with Crippen LogP contribution in [-0.2, 0) is 4.79 Å². The second-order valence-corrected chi connectivity index (χ2v) is 8.20. The highest BCUT2D eigenvalue weighted by Crippen LogP contribution is 2.20. The van der Waals surface area contributed by atoms with E-state index in [0.717, 1.165) is 32.1 Å². The zero-order valence-corrected chi connectivity index (χ0v) is 15.0. The van der Waals surface area contributed by atoms with Crippen molar-refractivity contribution in [1.82, 2.24) is 9.80 Å². The lowest BCUT2D eigenvalue weighted by Crippen LogP contribution is -2.49. The van der Waals surface area contributed by atoms with Crippen LogP contribution in [0.4, 0.5) is 0 Å². The van der Waals surface area contributed by atoms with Crippen molar-refractivity contribution in [3.63, 3.8) is 0 Å². The summed E-state index contributed by atoms with van der Waals surface area (Å²) >= 11 is 0. The predicted molar refractivity (Wildman–Crippen MR) is 90.4 cm³/mol. The van der Waals surface area contributed by atoms with E-state index in [9.17, 15) is 4.79 Å². The number of hydrogen-bond acceptors (Lipinski definition) is 2. The number of amides is 1. The molecule has 0 N–H and O–H groups in total. The van der Waals surface area contributed by atoms with Crippen molar-refractivity contribution in [2.24, 2.45) is 11.3 Å². The molecule has 0 atom stereocenters. The summed E-state index contributed by atoms with van der Waals surface area (Å²) in [5.74, 6) is 1.17. The van der Waals surface area contributed by atoms with Gasteiger partial charge < -0.3 is 4.90 Å². The van der Waals surface area contributed by atoms with E-state index in [1.54, 1.807) is 0 Å². The van der Waals surface area contributed by atoms with Gasteiger partial charge >= 0.3 is 0 Å². The topological polar surface area (TPSA) is 23.6 Å². The number of carbonyl (C=O) groups is 1. The standard InChI is InChI=1S/C18H36N2O/c1-16(2)9-7-6-8-10-19-11-13-20(14-12-19)17(21)15-18(3,4)5/h16H,6-15H2,1-5H3. The summed E-state index contributed by atoms with van der Waals surface area (Å²) in [7, 11) is 0. The first-order chi connectivity index (χ1) is 9.78. The van der Waals surface area contributed by atoms with Gasteiger partial charge in [0.2, 0.25) is 5.91 Å². The van der Waals surface area contributed by atoms with Gasteiger partial charge in [-0.25, -0.2) is 0 Å². The van der Waals surface area contributed by atoms with Crippen molar-refractivity contribution >= 4 is 5.91 Å². The van der Waals surface area contributed by atoms with Gasteiger partial charge in [-0.3, -0.25) is 9.69 Å². The van der Waals surface area contributed by atoms with Crippen LogP contribution in [0.5, 0.6) is 0 Å². The second-order valence-electron chi connectivity index (χ2n) is 8.20. The van der Waals surface area contributed by atoms with Gasteiger partial charge in [0.1, 0.15) is 0 Å². The number of rotatable bonds is 7. The molecule has 0 aromatic rings. The Balaban J connectivity index is 2.13. The Labute approximate surface area is 132 Å². The van der Waals surface area contributed by atoms with Crippen LogP contribution in [0.3, 0.4) is 0 Å². The van der Waals surface area contributed by atoms with Crippen LogP contribution in [0, 0.1) is 11.3 Å². The molecule has 1 aliphatic heterocycles. The molecule has 3 heteroatoms. The predicted octanol–water partition coefficient (Wildman–Crippen LogP) is 3.78. The number of nitrogens with zero attached hydrogens (tertiary/aromatic N) is 2. The van der Waals surface area contributed by atoms with E-state index in [-0.39, 0.29) is 5.41 Å². The lowest BCUT2D eigenvalue weighted by molar-refractivity contribution is -0.134. The van der Waals surface area contributed by atoms with Crippen LogP contribution >= 0.6 is 0 Å². The molecule has 0 aromatic heterocycles. The molecule has 0 unspecified atom stereocenters. The zero-order valence-electron chi connectivity index (χ0n) is 15.0. The van der Waals surface area contributed by atoms with Gasteiger partial charge in [-0.05, 0) is 24.3 Å². The summed E-state index contributed by atoms with van der Waals surface area (Å²) in [5, 5.41) is 0. The minimum atomic E-state index is 0.102. The van der Waals surface area contributed by atoms with E-state index in [1.807, 2.05) is 0 Å². The third-order valence-electron chi connectivity index (χ3n) is 4.16. The summed E-state index contributed by atoms with van der Waals surface area (Å²) in [6.07, 6.45) is 6.04. The summed E-state index contributed by atoms with van der Waals surface area (Å²) in [6.45, 7) is 16.2. The van der Waals surface area contributed by atoms with Crippen LogP contribution in [0.25, 0.3) is 0 Å². The molecule has 1 saturated heterocycles. The van der Waals surface area contributed by atoms with Gasteiger partial charge in [-0.2, -0.15) is 0 Å². The molecule has 0 spiro atoms. The molecule has 0 saturated carbocycles. The van der Waals surface area contributed by atoms with Crippen molar-refractivity contribution in [2.75, 3.05) is 32.7 Å². The van der Waals surface area contributed by atoms with Gasteiger partial charge in [0.25, 0.3) is 0 Å². The summed E-state index contributed by atoms with van der Waals surface area (Å²) in [5.41, 5.74) is 0.102. The van der Waals surface area contributed by atoms with E-state index in [0.29, 0.717) is 12.3 Å². The normalized spacial score (nSPS) is 17.5. The second kappa shape index (κ2) is 8.77. The van der Waals surface area contributed by atoms with Crippen LogP contribution in [0.2, 0.25) is 0 Å². The molecule has 1 fully saturated rings. The van der Waals surface area contributed by atoms with Gasteiger partial charge in [0.15, 0.2) is 0 Å². The van der Waals surface area contributed by atoms with Crippen LogP contribution in [-0.4, -0.2) is 48.4 Å². The van der Waals surface area contributed by atoms with Gasteiger partial charge in [-0.1, -0.05) is 53.9 Å². The summed E-state index contributed by atoms with van der Waals surface area (Å²) < 4.78 is 0. The maximum Gasteiger partial charge on any atom is 0.223 e. The number of piperazine rings is 1. The lowest BCUT2D eigenvalue weighted by atomic mass is 9.91. The van der Waals surface area contributed by atoms with E-state index >= 15 is 0 Å². The summed E-state index contributed by atoms with van der Waals surface area (Å²) in [4.78, 5) is 16.8. The van der Waals surface area contributed by atoms with E-state index < -0.39 is 0 Å². The average Bonchev–Trinajstić information content (AvgIpc) is 2.36. The summed E-state index contributed by atoms with van der Waals surface area (Å²) in [6, 6.07) is 0. The molecule has 0 aromatic carbocycles. The number of unbranched alkanes of at least 4 members (excludes halogenated alkanes) is 2. The fourth-order valence-electron chi connectivity index (χ4n) is 2.85. The highest BCUT2D eigenvalue weighted by molar-refractivity contribution is 5.76. The molecule has 1 amide bonds. The van der Waals surface area contributed by atoms with Crippen molar-refractivity contribution in [1.29, 1.82) is 0 Å². The molecule has 1 aliphatic rings. The highest BCUT2D eigenvalue weighted by Gasteiger charge is 2.24. The minimum Gasteiger partial charge on any atom is -0.340 e. The Kier molecular flexibility index (Phi) is 7.72. The van der Waals surface area contributed by atoms with E-state index in [1.165, 1.54) is 32.2 Å². The molecule has 0 aliphatic carbocycles. The molecule has 124 valence electrons. The van der Waals surface area contributed by atoms with E-state index in [4.69, 9.17) is 0 Å². The highest BCUT2D eigenvalue weighted by atomic mass is 16.2. The number of hydrogen-bond donors (Lipinski definition) is 0. The molecule has 0 radical (unpaired) electrons. The van der Waals surface area contributed by atoms with Crippen molar-refractivity contribution in [3.8, 4) is 0 Å². The van der Waals surface area contributed by atoms with Gasteiger partial charge in [0.05, 0.1) is 0 Å². The fourth-order valence-corrected chi connectivity index (χ4v) is 2.85. The largest absolute Gasteiger partial charge is 0.340 e. The number of carbonyl (C=O) groups excluding carboxylic acids is 1. The molecular formula is C18H36N2O. The minimum absolute atomic E-state index is 0.102. The Morgan fingerprint density at radius 1 is 1.00 bits per heavy atom. The lowest BCUT2D eigenvalue weighted by Gasteiger charge is -2.36. The van der Waals surface area contributed by atoms with Gasteiger partial charge in [-0.15, -0.1) is 0 Å².